The number of aromatic nitrogens is 2. The van der Waals surface area contributed by atoms with Gasteiger partial charge in [0.15, 0.2) is 5.82 Å². The van der Waals surface area contributed by atoms with E-state index in [0.717, 1.165) is 13.0 Å². The lowest BCUT2D eigenvalue weighted by Gasteiger charge is -2.01. The summed E-state index contributed by atoms with van der Waals surface area (Å²) in [7, 11) is 1.62. The fraction of sp³-hybridized carbons (Fsp3) is 0.778. The van der Waals surface area contributed by atoms with E-state index in [-0.39, 0.29) is 6.10 Å². The maximum absolute atomic E-state index is 5.07. The minimum absolute atomic E-state index is 0.112. The SMILES string of the molecule is CCCNCc1nc(C(C)OC)no1. The van der Waals surface area contributed by atoms with Crippen molar-refractivity contribution < 1.29 is 9.26 Å². The van der Waals surface area contributed by atoms with Crippen LogP contribution in [-0.4, -0.2) is 23.8 Å². The van der Waals surface area contributed by atoms with Gasteiger partial charge in [0.25, 0.3) is 0 Å². The molecule has 0 aliphatic heterocycles. The van der Waals surface area contributed by atoms with Crippen molar-refractivity contribution in [3.63, 3.8) is 0 Å². The van der Waals surface area contributed by atoms with E-state index in [0.29, 0.717) is 18.3 Å². The van der Waals surface area contributed by atoms with E-state index in [1.807, 2.05) is 6.92 Å². The first-order chi connectivity index (χ1) is 6.77. The number of hydrogen-bond acceptors (Lipinski definition) is 5. The molecule has 80 valence electrons. The molecule has 1 rings (SSSR count). The van der Waals surface area contributed by atoms with E-state index >= 15 is 0 Å². The molecule has 14 heavy (non-hydrogen) atoms. The van der Waals surface area contributed by atoms with E-state index in [4.69, 9.17) is 9.26 Å². The number of methoxy groups -OCH3 is 1. The van der Waals surface area contributed by atoms with Crippen LogP contribution in [0.3, 0.4) is 0 Å². The summed E-state index contributed by atoms with van der Waals surface area (Å²) in [4.78, 5) is 4.19. The quantitative estimate of drug-likeness (QED) is 0.699. The smallest absolute Gasteiger partial charge is 0.240 e. The van der Waals surface area contributed by atoms with Gasteiger partial charge in [0.2, 0.25) is 5.89 Å². The molecule has 0 saturated heterocycles. The van der Waals surface area contributed by atoms with Crippen molar-refractivity contribution in [3.05, 3.63) is 11.7 Å². The fourth-order valence-electron chi connectivity index (χ4n) is 0.982. The maximum Gasteiger partial charge on any atom is 0.240 e. The van der Waals surface area contributed by atoms with Crippen molar-refractivity contribution in [3.8, 4) is 0 Å². The maximum atomic E-state index is 5.07. The Balaban J connectivity index is 2.42. The van der Waals surface area contributed by atoms with E-state index in [2.05, 4.69) is 22.4 Å². The highest BCUT2D eigenvalue weighted by molar-refractivity contribution is 4.89. The number of nitrogens with zero attached hydrogens (tertiary/aromatic N) is 2. The third-order valence-corrected chi connectivity index (χ3v) is 1.90. The molecule has 1 atom stereocenters. The summed E-state index contributed by atoms with van der Waals surface area (Å²) >= 11 is 0. The molecule has 0 spiro atoms. The summed E-state index contributed by atoms with van der Waals surface area (Å²) in [5, 5.41) is 7.00. The summed E-state index contributed by atoms with van der Waals surface area (Å²) in [5.41, 5.74) is 0. The van der Waals surface area contributed by atoms with Crippen LogP contribution in [0.1, 0.15) is 38.1 Å². The lowest BCUT2D eigenvalue weighted by atomic mass is 10.4. The molecule has 1 aromatic heterocycles. The topological polar surface area (TPSA) is 60.2 Å². The molecular formula is C9H17N3O2. The fourth-order valence-corrected chi connectivity index (χ4v) is 0.982. The van der Waals surface area contributed by atoms with E-state index in [9.17, 15) is 0 Å². The molecule has 0 radical (unpaired) electrons. The van der Waals surface area contributed by atoms with E-state index < -0.39 is 0 Å². The molecule has 5 nitrogen and oxygen atoms in total. The van der Waals surface area contributed by atoms with Crippen LogP contribution in [0.4, 0.5) is 0 Å². The van der Waals surface area contributed by atoms with Gasteiger partial charge in [-0.15, -0.1) is 0 Å². The van der Waals surface area contributed by atoms with Gasteiger partial charge < -0.3 is 14.6 Å². The number of ether oxygens (including phenoxy) is 1. The van der Waals surface area contributed by atoms with Crippen LogP contribution in [0.25, 0.3) is 0 Å². The predicted molar refractivity (Wildman–Crippen MR) is 51.7 cm³/mol. The zero-order valence-corrected chi connectivity index (χ0v) is 8.91. The minimum atomic E-state index is -0.112. The molecule has 0 amide bonds. The molecule has 1 heterocycles. The molecule has 1 aromatic rings. The van der Waals surface area contributed by atoms with Gasteiger partial charge in [0, 0.05) is 7.11 Å². The summed E-state index contributed by atoms with van der Waals surface area (Å²) in [5.74, 6) is 1.21. The van der Waals surface area contributed by atoms with Crippen LogP contribution in [-0.2, 0) is 11.3 Å². The van der Waals surface area contributed by atoms with Crippen LogP contribution < -0.4 is 5.32 Å². The summed E-state index contributed by atoms with van der Waals surface area (Å²) in [6.07, 6.45) is 0.980. The summed E-state index contributed by atoms with van der Waals surface area (Å²) < 4.78 is 10.1. The van der Waals surface area contributed by atoms with Gasteiger partial charge in [0.1, 0.15) is 6.10 Å². The Labute approximate surface area is 83.8 Å². The molecule has 0 bridgehead atoms. The predicted octanol–water partition coefficient (Wildman–Crippen LogP) is 1.28. The zero-order valence-electron chi connectivity index (χ0n) is 8.91. The standard InChI is InChI=1S/C9H17N3O2/c1-4-5-10-6-8-11-9(12-14-8)7(2)13-3/h7,10H,4-6H2,1-3H3. The highest BCUT2D eigenvalue weighted by atomic mass is 16.5. The van der Waals surface area contributed by atoms with Crippen LogP contribution >= 0.6 is 0 Å². The first-order valence-corrected chi connectivity index (χ1v) is 4.84. The highest BCUT2D eigenvalue weighted by Crippen LogP contribution is 2.10. The first-order valence-electron chi connectivity index (χ1n) is 4.84. The van der Waals surface area contributed by atoms with Gasteiger partial charge in [-0.25, -0.2) is 0 Å². The van der Waals surface area contributed by atoms with Gasteiger partial charge in [-0.3, -0.25) is 0 Å². The number of hydrogen-bond donors (Lipinski definition) is 1. The molecule has 0 aliphatic carbocycles. The van der Waals surface area contributed by atoms with E-state index in [1.165, 1.54) is 0 Å². The van der Waals surface area contributed by atoms with Crippen molar-refractivity contribution in [2.45, 2.75) is 32.9 Å². The molecule has 0 saturated carbocycles. The number of nitrogens with one attached hydrogen (secondary N) is 1. The van der Waals surface area contributed by atoms with Crippen molar-refractivity contribution >= 4 is 0 Å². The largest absolute Gasteiger partial charge is 0.374 e. The second-order valence-corrected chi connectivity index (χ2v) is 3.10. The second-order valence-electron chi connectivity index (χ2n) is 3.10. The Bertz CT molecular complexity index is 262. The summed E-state index contributed by atoms with van der Waals surface area (Å²) in [6, 6.07) is 0. The van der Waals surface area contributed by atoms with Crippen LogP contribution in [0.5, 0.6) is 0 Å². The Kier molecular flexibility index (Phi) is 4.55. The van der Waals surface area contributed by atoms with Crippen molar-refractivity contribution in [1.29, 1.82) is 0 Å². The van der Waals surface area contributed by atoms with Gasteiger partial charge >= 0.3 is 0 Å². The third kappa shape index (κ3) is 3.08. The van der Waals surface area contributed by atoms with Gasteiger partial charge in [-0.05, 0) is 19.9 Å². The lowest BCUT2D eigenvalue weighted by molar-refractivity contribution is 0.109. The van der Waals surface area contributed by atoms with Crippen molar-refractivity contribution in [2.75, 3.05) is 13.7 Å². The Morgan fingerprint density at radius 2 is 2.36 bits per heavy atom. The number of rotatable bonds is 6. The highest BCUT2D eigenvalue weighted by Gasteiger charge is 2.11. The van der Waals surface area contributed by atoms with Crippen LogP contribution in [0.15, 0.2) is 4.52 Å². The second kappa shape index (κ2) is 5.72. The average Bonchev–Trinajstić information content (AvgIpc) is 2.66. The minimum Gasteiger partial charge on any atom is -0.374 e. The monoisotopic (exact) mass is 199 g/mol. The van der Waals surface area contributed by atoms with Gasteiger partial charge in [-0.2, -0.15) is 4.98 Å². The zero-order chi connectivity index (χ0) is 10.4. The normalized spacial score (nSPS) is 13.1. The molecule has 0 fully saturated rings. The van der Waals surface area contributed by atoms with Crippen molar-refractivity contribution in [2.24, 2.45) is 0 Å². The Morgan fingerprint density at radius 3 is 3.00 bits per heavy atom. The van der Waals surface area contributed by atoms with Gasteiger partial charge in [0.05, 0.1) is 6.54 Å². The summed E-state index contributed by atoms with van der Waals surface area (Å²) in [6.45, 7) is 5.57. The Morgan fingerprint density at radius 1 is 1.57 bits per heavy atom. The first kappa shape index (κ1) is 11.1. The van der Waals surface area contributed by atoms with Crippen LogP contribution in [0, 0.1) is 0 Å². The molecule has 0 aromatic carbocycles. The third-order valence-electron chi connectivity index (χ3n) is 1.90. The molecule has 1 N–H and O–H groups in total. The van der Waals surface area contributed by atoms with Crippen molar-refractivity contribution in [1.82, 2.24) is 15.5 Å². The lowest BCUT2D eigenvalue weighted by Crippen LogP contribution is -2.14. The molecule has 5 heteroatoms. The molecular weight excluding hydrogens is 182 g/mol. The van der Waals surface area contributed by atoms with Gasteiger partial charge in [-0.1, -0.05) is 12.1 Å². The average molecular weight is 199 g/mol. The van der Waals surface area contributed by atoms with Crippen LogP contribution in [0.2, 0.25) is 0 Å². The molecule has 1 unspecified atom stereocenters. The molecule has 0 aliphatic rings. The van der Waals surface area contributed by atoms with E-state index in [1.54, 1.807) is 7.11 Å². The Hall–Kier alpha value is -0.940.